The van der Waals surface area contributed by atoms with Crippen LogP contribution in [0.2, 0.25) is 0 Å². The molecule has 6 nitrogen and oxygen atoms in total. The van der Waals surface area contributed by atoms with Gasteiger partial charge in [0.05, 0.1) is 0 Å². The summed E-state index contributed by atoms with van der Waals surface area (Å²) in [5.41, 5.74) is 2.72. The molecule has 0 bridgehead atoms. The average molecular weight is 544 g/mol. The van der Waals surface area contributed by atoms with E-state index in [-0.39, 0.29) is 29.9 Å². The van der Waals surface area contributed by atoms with Gasteiger partial charge in [-0.15, -0.1) is 24.0 Å². The highest BCUT2D eigenvalue weighted by atomic mass is 127. The lowest BCUT2D eigenvalue weighted by atomic mass is 9.96. The van der Waals surface area contributed by atoms with E-state index in [2.05, 4.69) is 53.6 Å². The van der Waals surface area contributed by atoms with Gasteiger partial charge in [0.1, 0.15) is 0 Å². The van der Waals surface area contributed by atoms with Crippen LogP contribution in [-0.4, -0.2) is 67.5 Å². The van der Waals surface area contributed by atoms with E-state index < -0.39 is 0 Å². The largest absolute Gasteiger partial charge is 0.357 e. The minimum absolute atomic E-state index is 0. The van der Waals surface area contributed by atoms with Crippen molar-refractivity contribution in [2.24, 2.45) is 10.9 Å². The molecular formula is C24H42IN5O. The first-order valence-corrected chi connectivity index (χ1v) is 11.6. The van der Waals surface area contributed by atoms with Crippen LogP contribution in [0.15, 0.2) is 29.3 Å². The third-order valence-corrected chi connectivity index (χ3v) is 5.83. The van der Waals surface area contributed by atoms with Crippen LogP contribution in [0.25, 0.3) is 0 Å². The van der Waals surface area contributed by atoms with Crippen LogP contribution in [-0.2, 0) is 11.3 Å². The van der Waals surface area contributed by atoms with E-state index in [9.17, 15) is 4.79 Å². The molecule has 0 aliphatic carbocycles. The number of aryl methyl sites for hydroxylation is 1. The zero-order valence-corrected chi connectivity index (χ0v) is 22.2. The number of likely N-dealkylation sites (tertiary alicyclic amines) is 1. The number of aliphatic imine (C=N–C) groups is 1. The van der Waals surface area contributed by atoms with Crippen LogP contribution >= 0.6 is 24.0 Å². The molecule has 2 rings (SSSR count). The van der Waals surface area contributed by atoms with Gasteiger partial charge >= 0.3 is 0 Å². The van der Waals surface area contributed by atoms with Crippen LogP contribution in [0.1, 0.15) is 51.2 Å². The number of halogens is 1. The minimum atomic E-state index is 0. The highest BCUT2D eigenvalue weighted by molar-refractivity contribution is 14.0. The molecule has 1 aromatic carbocycles. The smallest absolute Gasteiger partial charge is 0.224 e. The molecule has 0 radical (unpaired) electrons. The predicted octanol–water partition coefficient (Wildman–Crippen LogP) is 3.64. The Kier molecular flexibility index (Phi) is 13.8. The topological polar surface area (TPSA) is 60.0 Å². The molecule has 2 N–H and O–H groups in total. The predicted molar refractivity (Wildman–Crippen MR) is 141 cm³/mol. The summed E-state index contributed by atoms with van der Waals surface area (Å²) in [5.74, 6) is 1.66. The molecule has 1 aliphatic heterocycles. The Labute approximate surface area is 206 Å². The van der Waals surface area contributed by atoms with Crippen molar-refractivity contribution in [3.05, 3.63) is 35.4 Å². The maximum absolute atomic E-state index is 12.1. The van der Waals surface area contributed by atoms with Gasteiger partial charge in [-0.05, 0) is 65.1 Å². The summed E-state index contributed by atoms with van der Waals surface area (Å²) < 4.78 is 0. The summed E-state index contributed by atoms with van der Waals surface area (Å²) in [6.45, 7) is 15.4. The van der Waals surface area contributed by atoms with Gasteiger partial charge in [-0.25, -0.2) is 0 Å². The standard InChI is InChI=1S/C24H41N5O.HI/c1-5-25-24(26-15-12-23(30)29(6-2)7-3)27-18-21-13-16-28(17-14-21)19-22-10-8-20(4)9-11-22;/h8-11,21H,5-7,12-19H2,1-4H3,(H2,25,26,27);1H. The molecule has 1 aliphatic rings. The zero-order valence-electron chi connectivity index (χ0n) is 19.8. The third-order valence-electron chi connectivity index (χ3n) is 5.83. The maximum atomic E-state index is 12.1. The third kappa shape index (κ3) is 10.2. The molecule has 0 spiro atoms. The van der Waals surface area contributed by atoms with Crippen molar-refractivity contribution >= 4 is 35.8 Å². The second-order valence-electron chi connectivity index (χ2n) is 8.17. The Morgan fingerprint density at radius 1 is 1.10 bits per heavy atom. The van der Waals surface area contributed by atoms with Crippen molar-refractivity contribution in [3.8, 4) is 0 Å². The molecule has 1 heterocycles. The molecule has 31 heavy (non-hydrogen) atoms. The summed E-state index contributed by atoms with van der Waals surface area (Å²) in [4.78, 5) is 21.4. The molecule has 1 fully saturated rings. The van der Waals surface area contributed by atoms with E-state index in [0.29, 0.717) is 18.9 Å². The summed E-state index contributed by atoms with van der Waals surface area (Å²) in [5, 5.41) is 6.62. The Morgan fingerprint density at radius 3 is 2.32 bits per heavy atom. The average Bonchev–Trinajstić information content (AvgIpc) is 2.75. The Morgan fingerprint density at radius 2 is 1.74 bits per heavy atom. The van der Waals surface area contributed by atoms with Crippen LogP contribution in [0, 0.1) is 12.8 Å². The normalized spacial score (nSPS) is 15.3. The van der Waals surface area contributed by atoms with Gasteiger partial charge in [-0.3, -0.25) is 14.7 Å². The van der Waals surface area contributed by atoms with E-state index in [1.165, 1.54) is 24.0 Å². The van der Waals surface area contributed by atoms with Crippen molar-refractivity contribution in [1.82, 2.24) is 20.4 Å². The summed E-state index contributed by atoms with van der Waals surface area (Å²) >= 11 is 0. The number of benzene rings is 1. The van der Waals surface area contributed by atoms with Crippen molar-refractivity contribution in [3.63, 3.8) is 0 Å². The monoisotopic (exact) mass is 543 g/mol. The van der Waals surface area contributed by atoms with Gasteiger partial charge in [0, 0.05) is 45.7 Å². The van der Waals surface area contributed by atoms with Crippen molar-refractivity contribution in [1.29, 1.82) is 0 Å². The van der Waals surface area contributed by atoms with Crippen LogP contribution in [0.5, 0.6) is 0 Å². The number of piperidine rings is 1. The molecule has 1 amide bonds. The molecule has 1 aromatic rings. The SMILES string of the molecule is CCNC(=NCC1CCN(Cc2ccc(C)cc2)CC1)NCCC(=O)N(CC)CC.I. The van der Waals surface area contributed by atoms with Gasteiger partial charge in [0.2, 0.25) is 5.91 Å². The first-order valence-electron chi connectivity index (χ1n) is 11.6. The highest BCUT2D eigenvalue weighted by Crippen LogP contribution is 2.19. The number of hydrogen-bond acceptors (Lipinski definition) is 3. The molecule has 1 saturated heterocycles. The minimum Gasteiger partial charge on any atom is -0.357 e. The van der Waals surface area contributed by atoms with Gasteiger partial charge < -0.3 is 15.5 Å². The second-order valence-corrected chi connectivity index (χ2v) is 8.17. The maximum Gasteiger partial charge on any atom is 0.224 e. The number of carbonyl (C=O) groups excluding carboxylic acids is 1. The number of nitrogens with zero attached hydrogens (tertiary/aromatic N) is 3. The molecule has 7 heteroatoms. The van der Waals surface area contributed by atoms with Crippen LogP contribution in [0.4, 0.5) is 0 Å². The summed E-state index contributed by atoms with van der Waals surface area (Å²) in [6.07, 6.45) is 2.88. The van der Waals surface area contributed by atoms with E-state index in [1.54, 1.807) is 0 Å². The Balaban J connectivity index is 0.00000480. The number of amides is 1. The summed E-state index contributed by atoms with van der Waals surface area (Å²) in [6, 6.07) is 8.87. The molecule has 0 unspecified atom stereocenters. The van der Waals surface area contributed by atoms with Crippen LogP contribution < -0.4 is 10.6 Å². The van der Waals surface area contributed by atoms with Gasteiger partial charge in [-0.2, -0.15) is 0 Å². The molecular weight excluding hydrogens is 501 g/mol. The number of carbonyl (C=O) groups is 1. The fraction of sp³-hybridized carbons (Fsp3) is 0.667. The van der Waals surface area contributed by atoms with Crippen molar-refractivity contribution < 1.29 is 4.79 Å². The summed E-state index contributed by atoms with van der Waals surface area (Å²) in [7, 11) is 0. The Hall–Kier alpha value is -1.35. The second kappa shape index (κ2) is 15.5. The van der Waals surface area contributed by atoms with E-state index in [4.69, 9.17) is 4.99 Å². The van der Waals surface area contributed by atoms with E-state index in [0.717, 1.165) is 51.8 Å². The number of nitrogens with one attached hydrogen (secondary N) is 2. The van der Waals surface area contributed by atoms with Gasteiger partial charge in [-0.1, -0.05) is 29.8 Å². The number of hydrogen-bond donors (Lipinski definition) is 2. The van der Waals surface area contributed by atoms with Crippen LogP contribution in [0.3, 0.4) is 0 Å². The number of rotatable bonds is 10. The lowest BCUT2D eigenvalue weighted by Gasteiger charge is -2.31. The lowest BCUT2D eigenvalue weighted by Crippen LogP contribution is -2.40. The van der Waals surface area contributed by atoms with Gasteiger partial charge in [0.25, 0.3) is 0 Å². The quantitative estimate of drug-likeness (QED) is 0.269. The first-order chi connectivity index (χ1) is 14.5. The molecule has 0 aromatic heterocycles. The van der Waals surface area contributed by atoms with E-state index >= 15 is 0 Å². The zero-order chi connectivity index (χ0) is 21.8. The Bertz CT molecular complexity index is 652. The number of guanidine groups is 1. The molecule has 176 valence electrons. The molecule has 0 atom stereocenters. The van der Waals surface area contributed by atoms with Gasteiger partial charge in [0.15, 0.2) is 5.96 Å². The highest BCUT2D eigenvalue weighted by Gasteiger charge is 2.19. The first kappa shape index (κ1) is 27.7. The fourth-order valence-corrected chi connectivity index (χ4v) is 3.86. The van der Waals surface area contributed by atoms with Crippen molar-refractivity contribution in [2.75, 3.05) is 45.8 Å². The lowest BCUT2D eigenvalue weighted by molar-refractivity contribution is -0.130. The fourth-order valence-electron chi connectivity index (χ4n) is 3.86. The van der Waals surface area contributed by atoms with Crippen molar-refractivity contribution in [2.45, 2.75) is 53.5 Å². The van der Waals surface area contributed by atoms with E-state index in [1.807, 2.05) is 18.7 Å². The molecule has 0 saturated carbocycles.